The average molecular weight is 263 g/mol. The van der Waals surface area contributed by atoms with Crippen molar-refractivity contribution in [3.63, 3.8) is 0 Å². The highest BCUT2D eigenvalue weighted by atomic mass is 79.9. The number of halogens is 2. The fourth-order valence-electron chi connectivity index (χ4n) is 0.980. The van der Waals surface area contributed by atoms with Crippen molar-refractivity contribution in [1.82, 2.24) is 0 Å². The molecule has 14 heavy (non-hydrogen) atoms. The molecular weight excluding hydrogens is 255 g/mol. The molecule has 76 valence electrons. The summed E-state index contributed by atoms with van der Waals surface area (Å²) >= 11 is 2.92. The van der Waals surface area contributed by atoms with E-state index in [1.165, 1.54) is 6.07 Å². The van der Waals surface area contributed by atoms with E-state index in [0.717, 1.165) is 6.07 Å². The zero-order chi connectivity index (χ0) is 10.9. The van der Waals surface area contributed by atoms with Crippen LogP contribution in [0.1, 0.15) is 11.6 Å². The maximum Gasteiger partial charge on any atom is 0.325 e. The lowest BCUT2D eigenvalue weighted by molar-refractivity contribution is -0.138. The van der Waals surface area contributed by atoms with Crippen molar-refractivity contribution in [2.24, 2.45) is 5.73 Å². The molecule has 6 heteroatoms. The Kier molecular flexibility index (Phi) is 3.07. The van der Waals surface area contributed by atoms with Gasteiger partial charge in [0.1, 0.15) is 11.9 Å². The smallest absolute Gasteiger partial charge is 0.325 e. The topological polar surface area (TPSA) is 89.3 Å². The normalized spacial score (nSPS) is 12.5. The van der Waals surface area contributed by atoms with E-state index in [2.05, 4.69) is 15.9 Å². The summed E-state index contributed by atoms with van der Waals surface area (Å²) in [4.78, 5) is 10.6. The Hall–Kier alpha value is -1.14. The zero-order valence-corrected chi connectivity index (χ0v) is 8.58. The van der Waals surface area contributed by atoms with Crippen LogP contribution in [0.2, 0.25) is 0 Å². The van der Waals surface area contributed by atoms with Gasteiger partial charge in [0.2, 0.25) is 0 Å². The third-order valence-corrected chi connectivity index (χ3v) is 2.33. The van der Waals surface area contributed by atoms with Crippen LogP contribution in [0.15, 0.2) is 16.6 Å². The molecule has 5 N–H and O–H groups in total. The number of nitrogens with two attached hydrogens (primary N) is 2. The summed E-state index contributed by atoms with van der Waals surface area (Å²) in [5, 5.41) is 8.63. The van der Waals surface area contributed by atoms with Crippen LogP contribution in [0, 0.1) is 5.82 Å². The Morgan fingerprint density at radius 1 is 1.57 bits per heavy atom. The number of nitrogen functional groups attached to an aromatic ring is 1. The number of carboxylic acid groups (broad SMARTS) is 1. The quantitative estimate of drug-likeness (QED) is 0.700. The fourth-order valence-corrected chi connectivity index (χ4v) is 1.34. The molecule has 1 aromatic rings. The zero-order valence-electron chi connectivity index (χ0n) is 7.00. The lowest BCUT2D eigenvalue weighted by Gasteiger charge is -2.10. The van der Waals surface area contributed by atoms with Gasteiger partial charge in [-0.25, -0.2) is 4.39 Å². The molecule has 0 saturated carbocycles. The Bertz CT molecular complexity index is 384. The highest BCUT2D eigenvalue weighted by Crippen LogP contribution is 2.26. The van der Waals surface area contributed by atoms with Gasteiger partial charge in [-0.3, -0.25) is 4.79 Å². The number of carboxylic acids is 1. The van der Waals surface area contributed by atoms with E-state index in [4.69, 9.17) is 16.6 Å². The number of aliphatic carboxylic acids is 1. The Morgan fingerprint density at radius 3 is 2.64 bits per heavy atom. The number of carbonyl (C=O) groups is 1. The van der Waals surface area contributed by atoms with Gasteiger partial charge in [-0.05, 0) is 28.1 Å². The van der Waals surface area contributed by atoms with Gasteiger partial charge < -0.3 is 16.6 Å². The number of benzene rings is 1. The van der Waals surface area contributed by atoms with Crippen LogP contribution in [0.25, 0.3) is 0 Å². The number of anilines is 1. The molecule has 0 bridgehead atoms. The molecule has 0 aromatic heterocycles. The van der Waals surface area contributed by atoms with Crippen molar-refractivity contribution in [2.45, 2.75) is 6.04 Å². The van der Waals surface area contributed by atoms with E-state index in [0.29, 0.717) is 0 Å². The first-order chi connectivity index (χ1) is 6.43. The third kappa shape index (κ3) is 2.02. The maximum absolute atomic E-state index is 12.9. The van der Waals surface area contributed by atoms with Gasteiger partial charge in [-0.1, -0.05) is 0 Å². The van der Waals surface area contributed by atoms with E-state index >= 15 is 0 Å². The van der Waals surface area contributed by atoms with E-state index in [1.807, 2.05) is 0 Å². The first-order valence-corrected chi connectivity index (χ1v) is 4.45. The van der Waals surface area contributed by atoms with Crippen molar-refractivity contribution < 1.29 is 14.3 Å². The lowest BCUT2D eigenvalue weighted by atomic mass is 10.1. The van der Waals surface area contributed by atoms with Gasteiger partial charge in [-0.15, -0.1) is 0 Å². The molecule has 0 aliphatic carbocycles. The summed E-state index contributed by atoms with van der Waals surface area (Å²) in [6.45, 7) is 0. The van der Waals surface area contributed by atoms with Gasteiger partial charge in [-0.2, -0.15) is 0 Å². The maximum atomic E-state index is 12.9. The van der Waals surface area contributed by atoms with Crippen LogP contribution in [0.3, 0.4) is 0 Å². The molecule has 1 rings (SSSR count). The molecule has 0 amide bonds. The van der Waals surface area contributed by atoms with Crippen LogP contribution in [0.4, 0.5) is 10.1 Å². The Morgan fingerprint density at radius 2 is 2.14 bits per heavy atom. The summed E-state index contributed by atoms with van der Waals surface area (Å²) in [5.74, 6) is -1.76. The Labute approximate surface area is 87.8 Å². The molecule has 1 aromatic carbocycles. The number of rotatable bonds is 2. The minimum absolute atomic E-state index is 0.0283. The molecule has 0 fully saturated rings. The lowest BCUT2D eigenvalue weighted by Crippen LogP contribution is -2.22. The van der Waals surface area contributed by atoms with Crippen molar-refractivity contribution in [2.75, 3.05) is 5.73 Å². The molecule has 0 aliphatic rings. The monoisotopic (exact) mass is 262 g/mol. The molecule has 0 spiro atoms. The van der Waals surface area contributed by atoms with E-state index in [-0.39, 0.29) is 15.7 Å². The predicted octanol–water partition coefficient (Wildman–Crippen LogP) is 1.25. The summed E-state index contributed by atoms with van der Waals surface area (Å²) in [5.41, 5.74) is 11.0. The molecule has 0 radical (unpaired) electrons. The molecule has 0 unspecified atom stereocenters. The van der Waals surface area contributed by atoms with Gasteiger partial charge in [0.25, 0.3) is 0 Å². The number of hydrogen-bond acceptors (Lipinski definition) is 3. The van der Waals surface area contributed by atoms with Gasteiger partial charge >= 0.3 is 5.97 Å². The summed E-state index contributed by atoms with van der Waals surface area (Å²) < 4.78 is 13.0. The Balaban J connectivity index is 3.22. The van der Waals surface area contributed by atoms with Gasteiger partial charge in [0.15, 0.2) is 0 Å². The van der Waals surface area contributed by atoms with Crippen molar-refractivity contribution in [3.8, 4) is 0 Å². The van der Waals surface area contributed by atoms with Crippen molar-refractivity contribution >= 4 is 27.6 Å². The second-order valence-electron chi connectivity index (χ2n) is 2.71. The van der Waals surface area contributed by atoms with Crippen molar-refractivity contribution in [1.29, 1.82) is 0 Å². The average Bonchev–Trinajstić information content (AvgIpc) is 2.10. The fraction of sp³-hybridized carbons (Fsp3) is 0.125. The first kappa shape index (κ1) is 10.9. The summed E-state index contributed by atoms with van der Waals surface area (Å²) in [7, 11) is 0. The first-order valence-electron chi connectivity index (χ1n) is 3.66. The highest BCUT2D eigenvalue weighted by Gasteiger charge is 2.18. The largest absolute Gasteiger partial charge is 0.480 e. The van der Waals surface area contributed by atoms with Crippen LogP contribution < -0.4 is 11.5 Å². The van der Waals surface area contributed by atoms with Crippen molar-refractivity contribution in [3.05, 3.63) is 28.0 Å². The summed E-state index contributed by atoms with van der Waals surface area (Å²) in [6.07, 6.45) is 0. The van der Waals surface area contributed by atoms with Crippen LogP contribution in [0.5, 0.6) is 0 Å². The van der Waals surface area contributed by atoms with Gasteiger partial charge in [0.05, 0.1) is 4.47 Å². The molecule has 0 saturated heterocycles. The molecule has 0 heterocycles. The van der Waals surface area contributed by atoms with Crippen LogP contribution >= 0.6 is 15.9 Å². The molecule has 1 atom stereocenters. The van der Waals surface area contributed by atoms with Crippen LogP contribution in [-0.2, 0) is 4.79 Å². The molecule has 4 nitrogen and oxygen atoms in total. The van der Waals surface area contributed by atoms with E-state index in [9.17, 15) is 9.18 Å². The van der Waals surface area contributed by atoms with Gasteiger partial charge in [0, 0.05) is 11.3 Å². The minimum atomic E-state index is -1.24. The van der Waals surface area contributed by atoms with Crippen LogP contribution in [-0.4, -0.2) is 11.1 Å². The second kappa shape index (κ2) is 3.93. The summed E-state index contributed by atoms with van der Waals surface area (Å²) in [6, 6.07) is 1.05. The number of hydrogen-bond donors (Lipinski definition) is 3. The second-order valence-corrected chi connectivity index (χ2v) is 3.57. The van der Waals surface area contributed by atoms with E-state index < -0.39 is 17.8 Å². The third-order valence-electron chi connectivity index (χ3n) is 1.73. The molecular formula is C8H8BrFN2O2. The minimum Gasteiger partial charge on any atom is -0.480 e. The SMILES string of the molecule is Nc1cc(F)c(Br)cc1[C@H](N)C(=O)O. The standard InChI is InChI=1S/C8H8BrFN2O2/c9-4-1-3(7(12)8(13)14)6(11)2-5(4)10/h1-2,7H,11-12H2,(H,13,14)/t7-/m0/s1. The highest BCUT2D eigenvalue weighted by molar-refractivity contribution is 9.10. The molecule has 0 aliphatic heterocycles. The predicted molar refractivity (Wildman–Crippen MR) is 53.1 cm³/mol. The van der Waals surface area contributed by atoms with E-state index in [1.54, 1.807) is 0 Å².